The number of fused-ring (bicyclic) bond motifs is 1. The summed E-state index contributed by atoms with van der Waals surface area (Å²) in [6, 6.07) is 8.33. The first-order chi connectivity index (χ1) is 17.7. The van der Waals surface area contributed by atoms with Crippen LogP contribution in [0, 0.1) is 18.8 Å². The van der Waals surface area contributed by atoms with Gasteiger partial charge in [0.05, 0.1) is 4.90 Å². The summed E-state index contributed by atoms with van der Waals surface area (Å²) in [5, 5.41) is -0.165. The van der Waals surface area contributed by atoms with E-state index in [0.29, 0.717) is 17.6 Å². The summed E-state index contributed by atoms with van der Waals surface area (Å²) in [6.07, 6.45) is 4.00. The number of aromatic amines is 1. The lowest BCUT2D eigenvalue weighted by molar-refractivity contribution is -0.125. The minimum atomic E-state index is -4.01. The van der Waals surface area contributed by atoms with Crippen LogP contribution in [0.4, 0.5) is 5.82 Å². The lowest BCUT2D eigenvalue weighted by atomic mass is 9.93. The number of carbonyl (C=O) groups is 1. The van der Waals surface area contributed by atoms with Crippen molar-refractivity contribution in [2.75, 3.05) is 5.43 Å². The van der Waals surface area contributed by atoms with E-state index in [0.717, 1.165) is 18.4 Å². The third-order valence-electron chi connectivity index (χ3n) is 7.99. The fourth-order valence-corrected chi connectivity index (χ4v) is 7.53. The zero-order valence-electron chi connectivity index (χ0n) is 23.3. The normalized spacial score (nSPS) is 20.6. The van der Waals surface area contributed by atoms with Crippen LogP contribution in [-0.2, 0) is 19.1 Å². The van der Waals surface area contributed by atoms with Gasteiger partial charge in [0.15, 0.2) is 19.8 Å². The van der Waals surface area contributed by atoms with Crippen LogP contribution in [0.1, 0.15) is 52.5 Å². The molecule has 2 heterocycles. The van der Waals surface area contributed by atoms with Crippen molar-refractivity contribution < 1.29 is 17.6 Å². The Labute approximate surface area is 226 Å². The molecule has 3 atom stereocenters. The van der Waals surface area contributed by atoms with Crippen molar-refractivity contribution in [1.29, 1.82) is 0 Å². The molecule has 38 heavy (non-hydrogen) atoms. The Morgan fingerprint density at radius 1 is 1.18 bits per heavy atom. The molecular formula is C27H39N5O4SSi. The van der Waals surface area contributed by atoms with Gasteiger partial charge in [0, 0.05) is 18.2 Å². The molecule has 0 unspecified atom stereocenters. The van der Waals surface area contributed by atoms with Crippen LogP contribution in [0.15, 0.2) is 46.5 Å². The predicted molar refractivity (Wildman–Crippen MR) is 151 cm³/mol. The van der Waals surface area contributed by atoms with Crippen molar-refractivity contribution in [3.8, 4) is 0 Å². The SMILES string of the molecule is CC[C@@H]1C[C@@H](O[Si](C)(C)C(C)(C)C)C[C@@H]1C(=O)NNc1nc2cc[nH]c2nc1S(=O)(=O)c1cccc(C)c1. The van der Waals surface area contributed by atoms with Crippen molar-refractivity contribution in [2.24, 2.45) is 11.8 Å². The van der Waals surface area contributed by atoms with Gasteiger partial charge in [-0.2, -0.15) is 0 Å². The molecule has 1 aliphatic carbocycles. The maximum atomic E-state index is 13.5. The zero-order valence-corrected chi connectivity index (χ0v) is 25.1. The lowest BCUT2D eigenvalue weighted by Gasteiger charge is -2.38. The second kappa shape index (κ2) is 10.4. The molecule has 0 aliphatic heterocycles. The molecule has 3 N–H and O–H groups in total. The second-order valence-electron chi connectivity index (χ2n) is 11.8. The van der Waals surface area contributed by atoms with Crippen LogP contribution in [-0.4, -0.2) is 43.7 Å². The fraction of sp³-hybridized carbons (Fsp3) is 0.519. The number of H-pyrrole nitrogens is 1. The number of nitrogens with one attached hydrogen (secondary N) is 3. The number of aryl methyl sites for hydroxylation is 1. The monoisotopic (exact) mass is 557 g/mol. The maximum Gasteiger partial charge on any atom is 0.241 e. The molecule has 1 amide bonds. The lowest BCUT2D eigenvalue weighted by Crippen LogP contribution is -2.43. The van der Waals surface area contributed by atoms with Crippen LogP contribution in [0.5, 0.6) is 0 Å². The van der Waals surface area contributed by atoms with Gasteiger partial charge >= 0.3 is 0 Å². The highest BCUT2D eigenvalue weighted by molar-refractivity contribution is 7.91. The van der Waals surface area contributed by atoms with Crippen molar-refractivity contribution >= 4 is 41.0 Å². The van der Waals surface area contributed by atoms with Gasteiger partial charge in [-0.1, -0.05) is 46.2 Å². The first-order valence-corrected chi connectivity index (χ1v) is 17.5. The van der Waals surface area contributed by atoms with Gasteiger partial charge in [-0.05, 0) is 67.6 Å². The molecule has 0 saturated heterocycles. The Morgan fingerprint density at radius 3 is 2.58 bits per heavy atom. The molecule has 0 bridgehead atoms. The van der Waals surface area contributed by atoms with E-state index in [1.54, 1.807) is 24.4 Å². The number of hydrogen-bond donors (Lipinski definition) is 3. The topological polar surface area (TPSA) is 126 Å². The van der Waals surface area contributed by atoms with Crippen LogP contribution < -0.4 is 10.9 Å². The number of nitrogens with zero attached hydrogens (tertiary/aromatic N) is 2. The molecular weight excluding hydrogens is 518 g/mol. The largest absolute Gasteiger partial charge is 0.414 e. The van der Waals surface area contributed by atoms with Crippen LogP contribution in [0.25, 0.3) is 11.2 Å². The number of rotatable bonds is 8. The van der Waals surface area contributed by atoms with Crippen molar-refractivity contribution in [3.63, 3.8) is 0 Å². The number of sulfone groups is 1. The van der Waals surface area contributed by atoms with E-state index < -0.39 is 18.2 Å². The summed E-state index contributed by atoms with van der Waals surface area (Å²) in [5.74, 6) is -0.288. The highest BCUT2D eigenvalue weighted by atomic mass is 32.2. The van der Waals surface area contributed by atoms with E-state index in [9.17, 15) is 13.2 Å². The smallest absolute Gasteiger partial charge is 0.241 e. The number of carbonyl (C=O) groups excluding carboxylic acids is 1. The second-order valence-corrected chi connectivity index (χ2v) is 18.4. The first-order valence-electron chi connectivity index (χ1n) is 13.1. The van der Waals surface area contributed by atoms with Gasteiger partial charge in [0.1, 0.15) is 5.52 Å². The van der Waals surface area contributed by atoms with Crippen molar-refractivity contribution in [1.82, 2.24) is 20.4 Å². The number of amides is 1. The molecule has 1 aliphatic rings. The van der Waals surface area contributed by atoms with E-state index in [1.807, 2.05) is 13.0 Å². The average molecular weight is 558 g/mol. The predicted octanol–water partition coefficient (Wildman–Crippen LogP) is 5.37. The van der Waals surface area contributed by atoms with E-state index in [2.05, 4.69) is 66.6 Å². The minimum absolute atomic E-state index is 0.0212. The molecule has 4 rings (SSSR count). The van der Waals surface area contributed by atoms with Gasteiger partial charge in [-0.15, -0.1) is 0 Å². The number of benzene rings is 1. The number of anilines is 1. The van der Waals surface area contributed by atoms with Gasteiger partial charge < -0.3 is 9.41 Å². The Hall–Kier alpha value is -2.76. The molecule has 9 nitrogen and oxygen atoms in total. The highest BCUT2D eigenvalue weighted by Gasteiger charge is 2.44. The van der Waals surface area contributed by atoms with E-state index in [4.69, 9.17) is 4.43 Å². The molecule has 206 valence electrons. The maximum absolute atomic E-state index is 13.5. The number of hydrazine groups is 1. The molecule has 11 heteroatoms. The van der Waals surface area contributed by atoms with E-state index in [-0.39, 0.29) is 44.6 Å². The van der Waals surface area contributed by atoms with E-state index in [1.165, 1.54) is 6.07 Å². The summed E-state index contributed by atoms with van der Waals surface area (Å²) >= 11 is 0. The molecule has 3 aromatic rings. The summed E-state index contributed by atoms with van der Waals surface area (Å²) < 4.78 is 33.7. The number of aromatic nitrogens is 3. The number of hydrogen-bond acceptors (Lipinski definition) is 7. The molecule has 1 aromatic carbocycles. The Morgan fingerprint density at radius 2 is 1.92 bits per heavy atom. The van der Waals surface area contributed by atoms with Crippen molar-refractivity contribution in [3.05, 3.63) is 42.1 Å². The quantitative estimate of drug-likeness (QED) is 0.251. The van der Waals surface area contributed by atoms with Crippen LogP contribution in [0.3, 0.4) is 0 Å². The summed E-state index contributed by atoms with van der Waals surface area (Å²) in [6.45, 7) is 15.0. The van der Waals surface area contributed by atoms with Gasteiger partial charge in [-0.3, -0.25) is 15.6 Å². The Balaban J connectivity index is 1.56. The average Bonchev–Trinajstić information content (AvgIpc) is 3.47. The zero-order chi connectivity index (χ0) is 27.9. The Kier molecular flexibility index (Phi) is 7.75. The molecule has 1 fully saturated rings. The molecule has 2 aromatic heterocycles. The minimum Gasteiger partial charge on any atom is -0.414 e. The summed E-state index contributed by atoms with van der Waals surface area (Å²) in [4.78, 5) is 25.2. The fourth-order valence-electron chi connectivity index (χ4n) is 4.77. The molecule has 0 radical (unpaired) electrons. The first kappa shape index (κ1) is 28.3. The third-order valence-corrected chi connectivity index (χ3v) is 14.2. The Bertz CT molecular complexity index is 1430. The summed E-state index contributed by atoms with van der Waals surface area (Å²) in [5.41, 5.74) is 7.18. The molecule has 1 saturated carbocycles. The van der Waals surface area contributed by atoms with E-state index >= 15 is 0 Å². The van der Waals surface area contributed by atoms with Crippen LogP contribution >= 0.6 is 0 Å². The van der Waals surface area contributed by atoms with Gasteiger partial charge in [-0.25, -0.2) is 18.4 Å². The third kappa shape index (κ3) is 5.64. The van der Waals surface area contributed by atoms with Gasteiger partial charge in [0.2, 0.25) is 20.8 Å². The van der Waals surface area contributed by atoms with Crippen LogP contribution in [0.2, 0.25) is 18.1 Å². The highest BCUT2D eigenvalue weighted by Crippen LogP contribution is 2.43. The summed E-state index contributed by atoms with van der Waals surface area (Å²) in [7, 11) is -5.98. The molecule has 0 spiro atoms. The van der Waals surface area contributed by atoms with Crippen molar-refractivity contribution in [2.45, 2.75) is 88.0 Å². The van der Waals surface area contributed by atoms with Gasteiger partial charge in [0.25, 0.3) is 0 Å². The standard InChI is InChI=1S/C27H39N5O4SSi/c1-8-18-15-19(36-38(6,7)27(3,4)5)16-21(18)25(33)32-31-24-26(30-23-22(29-24)12-13-28-23)37(34,35)20-11-9-10-17(2)14-20/h9-14,18-19,21H,8,15-16H2,1-7H3,(H,28,30)(H,29,31)(H,32,33)/t18-,19-,21+/m1/s1.